The van der Waals surface area contributed by atoms with Gasteiger partial charge in [-0.2, -0.15) is 0 Å². The van der Waals surface area contributed by atoms with Crippen LogP contribution in [-0.4, -0.2) is 49.9 Å². The van der Waals surface area contributed by atoms with Gasteiger partial charge in [0.2, 0.25) is 11.7 Å². The van der Waals surface area contributed by atoms with Crippen molar-refractivity contribution in [1.82, 2.24) is 24.8 Å². The third kappa shape index (κ3) is 2.71. The van der Waals surface area contributed by atoms with Crippen LogP contribution in [0.25, 0.3) is 0 Å². The molecule has 0 aliphatic carbocycles. The van der Waals surface area contributed by atoms with Crippen LogP contribution in [0.3, 0.4) is 0 Å². The van der Waals surface area contributed by atoms with E-state index in [1.807, 2.05) is 0 Å². The predicted molar refractivity (Wildman–Crippen MR) is 69.0 cm³/mol. The molecule has 2 aromatic heterocycles. The molecule has 1 saturated heterocycles. The summed E-state index contributed by atoms with van der Waals surface area (Å²) in [5.41, 5.74) is 0. The van der Waals surface area contributed by atoms with E-state index in [4.69, 9.17) is 4.74 Å². The van der Waals surface area contributed by atoms with Crippen LogP contribution in [0.1, 0.15) is 17.0 Å². The number of hydrogen-bond donors (Lipinski definition) is 0. The highest BCUT2D eigenvalue weighted by molar-refractivity contribution is 5.90. The molecule has 1 aliphatic heterocycles. The molecule has 7 heteroatoms. The predicted octanol–water partition coefficient (Wildman–Crippen LogP) is 0.560. The molecule has 1 atom stereocenters. The minimum Gasteiger partial charge on any atom is -0.471 e. The Labute approximate surface area is 115 Å². The second kappa shape index (κ2) is 5.60. The highest BCUT2D eigenvalue weighted by atomic mass is 16.5. The van der Waals surface area contributed by atoms with Crippen molar-refractivity contribution in [2.45, 2.75) is 12.5 Å². The van der Waals surface area contributed by atoms with Gasteiger partial charge in [-0.05, 0) is 6.07 Å². The molecule has 0 N–H and O–H groups in total. The summed E-state index contributed by atoms with van der Waals surface area (Å²) in [5.74, 6) is 0.520. The molecule has 102 valence electrons. The first-order valence-corrected chi connectivity index (χ1v) is 6.32. The average Bonchev–Trinajstić information content (AvgIpc) is 2.97. The Morgan fingerprint density at radius 2 is 2.05 bits per heavy atom. The van der Waals surface area contributed by atoms with Gasteiger partial charge in [-0.1, -0.05) is 0 Å². The van der Waals surface area contributed by atoms with E-state index in [-0.39, 0.29) is 17.8 Å². The quantitative estimate of drug-likeness (QED) is 0.811. The van der Waals surface area contributed by atoms with Crippen molar-refractivity contribution in [3.05, 3.63) is 42.9 Å². The lowest BCUT2D eigenvalue weighted by Crippen LogP contribution is -2.32. The van der Waals surface area contributed by atoms with Crippen molar-refractivity contribution in [3.8, 4) is 5.88 Å². The summed E-state index contributed by atoms with van der Waals surface area (Å²) in [6, 6.07) is 1.68. The fourth-order valence-electron chi connectivity index (χ4n) is 2.08. The number of aromatic nitrogens is 4. The maximum Gasteiger partial charge on any atom is 0.291 e. The summed E-state index contributed by atoms with van der Waals surface area (Å²) in [7, 11) is 0. The van der Waals surface area contributed by atoms with Crippen molar-refractivity contribution >= 4 is 5.91 Å². The second-order valence-corrected chi connectivity index (χ2v) is 4.40. The van der Waals surface area contributed by atoms with Crippen molar-refractivity contribution in [1.29, 1.82) is 0 Å². The highest BCUT2D eigenvalue weighted by Gasteiger charge is 2.29. The Balaban J connectivity index is 1.61. The first kappa shape index (κ1) is 12.5. The molecule has 0 saturated carbocycles. The molecular formula is C13H13N5O2. The van der Waals surface area contributed by atoms with E-state index < -0.39 is 0 Å². The molecule has 1 aliphatic rings. The molecule has 2 aromatic rings. The van der Waals surface area contributed by atoms with E-state index in [0.717, 1.165) is 6.42 Å². The van der Waals surface area contributed by atoms with Crippen LogP contribution in [0.4, 0.5) is 0 Å². The normalized spacial score (nSPS) is 18.0. The maximum absolute atomic E-state index is 12.2. The van der Waals surface area contributed by atoms with Crippen LogP contribution < -0.4 is 4.74 Å². The standard InChI is InChI=1S/C13H13N5O2/c19-13(12-16-3-1-4-17-12)18-7-2-10(9-18)20-11-8-14-5-6-15-11/h1,3-6,8,10H,2,7,9H2/t10-/m0/s1. The van der Waals surface area contributed by atoms with Gasteiger partial charge in [0.1, 0.15) is 6.10 Å². The van der Waals surface area contributed by atoms with E-state index >= 15 is 0 Å². The molecule has 3 rings (SSSR count). The molecule has 3 heterocycles. The Hall–Kier alpha value is -2.57. The summed E-state index contributed by atoms with van der Waals surface area (Å²) >= 11 is 0. The summed E-state index contributed by atoms with van der Waals surface area (Å²) in [5, 5.41) is 0. The van der Waals surface area contributed by atoms with Crippen LogP contribution in [0.5, 0.6) is 5.88 Å². The summed E-state index contributed by atoms with van der Waals surface area (Å²) in [6.45, 7) is 1.13. The van der Waals surface area contributed by atoms with E-state index in [2.05, 4.69) is 19.9 Å². The average molecular weight is 271 g/mol. The van der Waals surface area contributed by atoms with Gasteiger partial charge in [0.15, 0.2) is 0 Å². The number of carbonyl (C=O) groups is 1. The van der Waals surface area contributed by atoms with Gasteiger partial charge in [0.25, 0.3) is 5.91 Å². The Bertz CT molecular complexity index is 578. The minimum absolute atomic E-state index is 0.0700. The maximum atomic E-state index is 12.2. The van der Waals surface area contributed by atoms with Gasteiger partial charge in [-0.25, -0.2) is 15.0 Å². The number of ether oxygens (including phenoxy) is 1. The number of likely N-dealkylation sites (tertiary alicyclic amines) is 1. The number of hydrogen-bond acceptors (Lipinski definition) is 6. The lowest BCUT2D eigenvalue weighted by Gasteiger charge is -2.15. The number of carbonyl (C=O) groups excluding carboxylic acids is 1. The van der Waals surface area contributed by atoms with Crippen molar-refractivity contribution < 1.29 is 9.53 Å². The van der Waals surface area contributed by atoms with Gasteiger partial charge in [0.05, 0.1) is 12.7 Å². The lowest BCUT2D eigenvalue weighted by molar-refractivity contribution is 0.0759. The van der Waals surface area contributed by atoms with Crippen LogP contribution in [0.15, 0.2) is 37.1 Å². The minimum atomic E-state index is -0.171. The zero-order valence-corrected chi connectivity index (χ0v) is 10.7. The molecule has 0 radical (unpaired) electrons. The smallest absolute Gasteiger partial charge is 0.291 e. The Morgan fingerprint density at radius 3 is 2.80 bits per heavy atom. The monoisotopic (exact) mass is 271 g/mol. The Kier molecular flexibility index (Phi) is 3.49. The molecule has 7 nitrogen and oxygen atoms in total. The molecule has 0 bridgehead atoms. The zero-order valence-electron chi connectivity index (χ0n) is 10.7. The van der Waals surface area contributed by atoms with Gasteiger partial charge in [-0.15, -0.1) is 0 Å². The van der Waals surface area contributed by atoms with Crippen molar-refractivity contribution in [2.75, 3.05) is 13.1 Å². The first-order valence-electron chi connectivity index (χ1n) is 6.32. The van der Waals surface area contributed by atoms with E-state index in [0.29, 0.717) is 19.0 Å². The molecule has 0 aromatic carbocycles. The van der Waals surface area contributed by atoms with Gasteiger partial charge < -0.3 is 9.64 Å². The van der Waals surface area contributed by atoms with Crippen LogP contribution >= 0.6 is 0 Å². The van der Waals surface area contributed by atoms with Gasteiger partial charge in [0, 0.05) is 37.8 Å². The van der Waals surface area contributed by atoms with Gasteiger partial charge >= 0.3 is 0 Å². The summed E-state index contributed by atoms with van der Waals surface area (Å²) < 4.78 is 5.68. The number of nitrogens with zero attached hydrogens (tertiary/aromatic N) is 5. The Morgan fingerprint density at radius 1 is 1.20 bits per heavy atom. The number of rotatable bonds is 3. The van der Waals surface area contributed by atoms with E-state index in [1.165, 1.54) is 0 Å². The number of amides is 1. The molecule has 1 amide bonds. The molecule has 20 heavy (non-hydrogen) atoms. The third-order valence-electron chi connectivity index (χ3n) is 3.02. The summed E-state index contributed by atoms with van der Waals surface area (Å²) in [4.78, 5) is 29.8. The lowest BCUT2D eigenvalue weighted by atomic mass is 10.3. The topological polar surface area (TPSA) is 81.1 Å². The SMILES string of the molecule is O=C(c1ncccn1)N1CC[C@H](Oc2cnccn2)C1. The van der Waals surface area contributed by atoms with E-state index in [9.17, 15) is 4.79 Å². The highest BCUT2D eigenvalue weighted by Crippen LogP contribution is 2.16. The van der Waals surface area contributed by atoms with Crippen molar-refractivity contribution in [3.63, 3.8) is 0 Å². The first-order chi connectivity index (χ1) is 9.83. The molecule has 0 spiro atoms. The van der Waals surface area contributed by atoms with Crippen LogP contribution in [0, 0.1) is 0 Å². The largest absolute Gasteiger partial charge is 0.471 e. The second-order valence-electron chi connectivity index (χ2n) is 4.40. The molecular weight excluding hydrogens is 258 g/mol. The van der Waals surface area contributed by atoms with Crippen molar-refractivity contribution in [2.24, 2.45) is 0 Å². The fourth-order valence-corrected chi connectivity index (χ4v) is 2.08. The zero-order chi connectivity index (χ0) is 13.8. The van der Waals surface area contributed by atoms with Crippen LogP contribution in [-0.2, 0) is 0 Å². The molecule has 0 unspecified atom stereocenters. The van der Waals surface area contributed by atoms with E-state index in [1.54, 1.807) is 42.0 Å². The third-order valence-corrected chi connectivity index (χ3v) is 3.02. The molecule has 1 fully saturated rings. The summed E-state index contributed by atoms with van der Waals surface area (Å²) in [6.07, 6.45) is 8.53. The fraction of sp³-hybridized carbons (Fsp3) is 0.308. The van der Waals surface area contributed by atoms with Crippen LogP contribution in [0.2, 0.25) is 0 Å². The van der Waals surface area contributed by atoms with Gasteiger partial charge in [-0.3, -0.25) is 9.78 Å².